The lowest BCUT2D eigenvalue weighted by atomic mass is 9.51. The van der Waals surface area contributed by atoms with Crippen LogP contribution in [0.2, 0.25) is 0 Å². The topological polar surface area (TPSA) is 183 Å². The molecule has 11 nitrogen and oxygen atoms in total. The number of amides is 1. The molecule has 35 heavy (non-hydrogen) atoms. The van der Waals surface area contributed by atoms with Gasteiger partial charge in [-0.05, 0) is 45.1 Å². The number of primary amides is 1. The average Bonchev–Trinajstić information content (AvgIpc) is 2.80. The Hall–Kier alpha value is -2.99. The third kappa shape index (κ3) is 2.95. The molecule has 0 spiro atoms. The number of nitrogens with one attached hydrogen (secondary N) is 1. The van der Waals surface area contributed by atoms with Crippen LogP contribution in [0.5, 0.6) is 5.75 Å². The maximum absolute atomic E-state index is 13.7. The molecule has 1 amide bonds. The van der Waals surface area contributed by atoms with Crippen LogP contribution in [-0.2, 0) is 20.7 Å². The Bertz CT molecular complexity index is 1160. The Morgan fingerprint density at radius 1 is 1.26 bits per heavy atom. The minimum Gasteiger partial charge on any atom is -0.508 e. The number of phenolic OH excluding ortho intramolecular Hbond substituents is 1. The lowest BCUT2D eigenvalue weighted by molar-refractivity contribution is -0.209. The van der Waals surface area contributed by atoms with Crippen LogP contribution in [0.1, 0.15) is 22.8 Å². The molecule has 0 aromatic heterocycles. The molecule has 1 aromatic rings. The molecule has 7 N–H and O–H groups in total. The Kier molecular flexibility index (Phi) is 5.75. The van der Waals surface area contributed by atoms with Gasteiger partial charge in [0.05, 0.1) is 17.8 Å². The Balaban J connectivity index is 2.06. The molecule has 0 heterocycles. The van der Waals surface area contributed by atoms with Crippen molar-refractivity contribution >= 4 is 23.2 Å². The molecule has 0 radical (unpaired) electrons. The number of phenols is 1. The number of anilines is 1. The molecule has 7 atom stereocenters. The highest BCUT2D eigenvalue weighted by molar-refractivity contribution is 6.17. The van der Waals surface area contributed by atoms with E-state index in [9.17, 15) is 34.8 Å². The number of carbonyl (C=O) groups excluding carboxylic acids is 3. The summed E-state index contributed by atoms with van der Waals surface area (Å²) in [7, 11) is 6.19. The molecule has 2 unspecified atom stereocenters. The summed E-state index contributed by atoms with van der Waals surface area (Å²) >= 11 is 0. The molecule has 3 aliphatic carbocycles. The molecule has 1 aromatic carbocycles. The molecule has 0 saturated heterocycles. The number of fused-ring (bicyclic) bond motifs is 3. The number of Topliss-reactive ketones (excluding diaryl/α,β-unsaturated/α-hetero) is 2. The van der Waals surface area contributed by atoms with Crippen molar-refractivity contribution in [3.05, 3.63) is 34.6 Å². The third-order valence-electron chi connectivity index (χ3n) is 8.16. The predicted octanol–water partition coefficient (Wildman–Crippen LogP) is -0.658. The largest absolute Gasteiger partial charge is 0.508 e. The summed E-state index contributed by atoms with van der Waals surface area (Å²) in [5.74, 6) is -6.47. The smallest absolute Gasteiger partial charge is 0.233 e. The molecule has 1 fully saturated rings. The number of rotatable bonds is 4. The molecule has 0 aliphatic heterocycles. The molecule has 4 rings (SSSR count). The summed E-state index contributed by atoms with van der Waals surface area (Å²) in [5.41, 5.74) is 1.25. The van der Waals surface area contributed by atoms with Crippen molar-refractivity contribution in [1.29, 1.82) is 0 Å². The van der Waals surface area contributed by atoms with Crippen LogP contribution in [0.3, 0.4) is 0 Å². The van der Waals surface area contributed by atoms with E-state index in [0.29, 0.717) is 11.3 Å². The highest BCUT2D eigenvalue weighted by Crippen LogP contribution is 2.56. The van der Waals surface area contributed by atoms with Crippen LogP contribution in [0.15, 0.2) is 23.5 Å². The van der Waals surface area contributed by atoms with Gasteiger partial charge in [-0.2, -0.15) is 0 Å². The molecule has 1 saturated carbocycles. The molecule has 11 heteroatoms. The van der Waals surface area contributed by atoms with Crippen molar-refractivity contribution in [2.75, 3.05) is 33.6 Å². The van der Waals surface area contributed by atoms with E-state index >= 15 is 0 Å². The van der Waals surface area contributed by atoms with Crippen molar-refractivity contribution in [2.45, 2.75) is 37.2 Å². The maximum atomic E-state index is 13.7. The summed E-state index contributed by atoms with van der Waals surface area (Å²) in [5, 5.41) is 48.1. The van der Waals surface area contributed by atoms with Gasteiger partial charge in [0.25, 0.3) is 0 Å². The zero-order valence-corrected chi connectivity index (χ0v) is 20.2. The molecular formula is C24H31N3O8. The van der Waals surface area contributed by atoms with Gasteiger partial charge < -0.3 is 41.1 Å². The molecule has 0 bridgehead atoms. The first kappa shape index (κ1) is 25.1. The summed E-state index contributed by atoms with van der Waals surface area (Å²) < 4.78 is 5.77. The van der Waals surface area contributed by atoms with E-state index < -0.39 is 64.3 Å². The van der Waals surface area contributed by atoms with Gasteiger partial charge in [0.2, 0.25) is 5.91 Å². The second kappa shape index (κ2) is 8.02. The number of methoxy groups -OCH3 is 1. The van der Waals surface area contributed by atoms with Gasteiger partial charge in [-0.1, -0.05) is 0 Å². The highest BCUT2D eigenvalue weighted by Gasteiger charge is 2.73. The van der Waals surface area contributed by atoms with Gasteiger partial charge >= 0.3 is 0 Å². The Morgan fingerprint density at radius 3 is 2.40 bits per heavy atom. The molecular weight excluding hydrogens is 458 g/mol. The van der Waals surface area contributed by atoms with Crippen LogP contribution in [-0.4, -0.2) is 94.9 Å². The predicted molar refractivity (Wildman–Crippen MR) is 124 cm³/mol. The number of nitrogens with zero attached hydrogens (tertiary/aromatic N) is 1. The number of aliphatic hydroxyl groups is 3. The number of nitrogens with two attached hydrogens (primary N) is 1. The van der Waals surface area contributed by atoms with E-state index in [1.54, 1.807) is 27.2 Å². The maximum Gasteiger partial charge on any atom is 0.233 e. The van der Waals surface area contributed by atoms with Crippen molar-refractivity contribution in [2.24, 2.45) is 23.0 Å². The average molecular weight is 490 g/mol. The van der Waals surface area contributed by atoms with E-state index in [2.05, 4.69) is 5.32 Å². The second-order valence-electron chi connectivity index (χ2n) is 9.93. The van der Waals surface area contributed by atoms with E-state index in [0.717, 1.165) is 6.92 Å². The minimum atomic E-state index is -2.76. The number of benzene rings is 1. The van der Waals surface area contributed by atoms with Crippen LogP contribution in [0.4, 0.5) is 5.69 Å². The fourth-order valence-electron chi connectivity index (χ4n) is 6.32. The van der Waals surface area contributed by atoms with Crippen molar-refractivity contribution in [3.63, 3.8) is 0 Å². The first-order valence-electron chi connectivity index (χ1n) is 11.2. The van der Waals surface area contributed by atoms with Crippen molar-refractivity contribution in [1.82, 2.24) is 4.90 Å². The lowest BCUT2D eigenvalue weighted by Crippen LogP contribution is -2.77. The standard InChI is InChI=1S/C24H31N3O8/c1-23(22(25)33)20(31)16(27(3)4)15-18(35-5)10-8-9-11(26-2)6-7-12(28)13(9)17(29)14(10)19(30)24(15,34)21(23)32/h6-7,10,15-16,18,20,26,28,30-31,34H,8H2,1-5H3,(H2,25,33)/t10-,15-,16+,18+,20?,23?,24+/m1/s1. The number of hydrogen-bond donors (Lipinski definition) is 6. The van der Waals surface area contributed by atoms with E-state index in [1.807, 2.05) is 0 Å². The summed E-state index contributed by atoms with van der Waals surface area (Å²) in [6.45, 7) is 1.11. The number of ketones is 2. The number of ether oxygens (including phenoxy) is 1. The van der Waals surface area contributed by atoms with Crippen LogP contribution in [0.25, 0.3) is 0 Å². The first-order valence-corrected chi connectivity index (χ1v) is 11.2. The molecule has 3 aliphatic rings. The summed E-state index contributed by atoms with van der Waals surface area (Å²) in [6, 6.07) is 1.89. The quantitative estimate of drug-likeness (QED) is 0.235. The van der Waals surface area contributed by atoms with E-state index in [4.69, 9.17) is 10.5 Å². The monoisotopic (exact) mass is 489 g/mol. The third-order valence-corrected chi connectivity index (χ3v) is 8.16. The lowest BCUT2D eigenvalue weighted by Gasteiger charge is -2.58. The Labute approximate surface area is 202 Å². The van der Waals surface area contributed by atoms with Gasteiger partial charge in [-0.15, -0.1) is 0 Å². The van der Waals surface area contributed by atoms with Gasteiger partial charge in [0.1, 0.15) is 16.9 Å². The first-order chi connectivity index (χ1) is 16.3. The fraction of sp³-hybridized carbons (Fsp3) is 0.542. The zero-order valence-electron chi connectivity index (χ0n) is 20.2. The van der Waals surface area contributed by atoms with Crippen LogP contribution < -0.4 is 11.1 Å². The summed E-state index contributed by atoms with van der Waals surface area (Å²) in [6.07, 6.45) is -2.53. The van der Waals surface area contributed by atoms with Crippen molar-refractivity contribution in [3.8, 4) is 5.75 Å². The Morgan fingerprint density at radius 2 is 1.89 bits per heavy atom. The fourth-order valence-corrected chi connectivity index (χ4v) is 6.32. The number of likely N-dealkylation sites (N-methyl/N-ethyl adjacent to an activating group) is 1. The summed E-state index contributed by atoms with van der Waals surface area (Å²) in [4.78, 5) is 41.4. The number of aliphatic hydroxyl groups excluding tert-OH is 2. The minimum absolute atomic E-state index is 0.0586. The van der Waals surface area contributed by atoms with Crippen LogP contribution >= 0.6 is 0 Å². The van der Waals surface area contributed by atoms with E-state index in [1.165, 1.54) is 18.1 Å². The van der Waals surface area contributed by atoms with Crippen LogP contribution in [0, 0.1) is 17.3 Å². The number of hydrogen-bond acceptors (Lipinski definition) is 10. The number of carbonyl (C=O) groups is 3. The van der Waals surface area contributed by atoms with Gasteiger partial charge in [0, 0.05) is 43.3 Å². The van der Waals surface area contributed by atoms with Crippen molar-refractivity contribution < 1.29 is 39.5 Å². The van der Waals surface area contributed by atoms with Gasteiger partial charge in [-0.3, -0.25) is 14.4 Å². The second-order valence-corrected chi connectivity index (χ2v) is 9.93. The van der Waals surface area contributed by atoms with Gasteiger partial charge in [-0.25, -0.2) is 0 Å². The normalized spacial score (nSPS) is 36.5. The molecule has 190 valence electrons. The zero-order chi connectivity index (χ0) is 26.2. The highest BCUT2D eigenvalue weighted by atomic mass is 16.5. The SMILES string of the molecule is CNc1ccc(O)c2c1C[C@@H]1C(=C(O)[C@]3(O)C(=O)C(C)(C(N)=O)C(O)[C@@H](N(C)C)[C@@H]3[C@H]1OC)C2=O. The van der Waals surface area contributed by atoms with Gasteiger partial charge in [0.15, 0.2) is 17.2 Å². The number of aromatic hydroxyl groups is 1. The van der Waals surface area contributed by atoms with E-state index in [-0.39, 0.29) is 23.3 Å².